The lowest BCUT2D eigenvalue weighted by atomic mass is 10.2. The molecular formula is C25H22N4O7S2. The van der Waals surface area contributed by atoms with Gasteiger partial charge in [0.25, 0.3) is 21.6 Å². The van der Waals surface area contributed by atoms with Crippen LogP contribution in [0.5, 0.6) is 0 Å². The first-order chi connectivity index (χ1) is 18.1. The van der Waals surface area contributed by atoms with E-state index in [0.717, 1.165) is 16.9 Å². The Balaban J connectivity index is 1.64. The van der Waals surface area contributed by atoms with E-state index in [9.17, 15) is 28.1 Å². The highest BCUT2D eigenvalue weighted by Gasteiger charge is 2.17. The summed E-state index contributed by atoms with van der Waals surface area (Å²) in [5.41, 5.74) is 1.71. The summed E-state index contributed by atoms with van der Waals surface area (Å²) >= 11 is 1.02. The summed E-state index contributed by atoms with van der Waals surface area (Å²) in [6.45, 7) is 3.44. The summed E-state index contributed by atoms with van der Waals surface area (Å²) in [7, 11) is -3.81. The number of sulfonamides is 1. The molecule has 0 unspecified atom stereocenters. The van der Waals surface area contributed by atoms with E-state index in [4.69, 9.17) is 4.74 Å². The van der Waals surface area contributed by atoms with Crippen molar-refractivity contribution in [2.45, 2.75) is 25.3 Å². The summed E-state index contributed by atoms with van der Waals surface area (Å²) in [6.07, 6.45) is 0. The number of nitro groups is 1. The second-order valence-corrected chi connectivity index (χ2v) is 10.8. The Bertz CT molecular complexity index is 1710. The molecule has 0 aliphatic carbocycles. The second kappa shape index (κ2) is 10.9. The van der Waals surface area contributed by atoms with Gasteiger partial charge in [-0.05, 0) is 56.3 Å². The summed E-state index contributed by atoms with van der Waals surface area (Å²) in [5.74, 6) is -1.19. The fourth-order valence-corrected chi connectivity index (χ4v) is 5.63. The number of amides is 1. The van der Waals surface area contributed by atoms with Gasteiger partial charge in [-0.1, -0.05) is 29.0 Å². The monoisotopic (exact) mass is 554 g/mol. The van der Waals surface area contributed by atoms with Crippen LogP contribution >= 0.6 is 11.3 Å². The molecule has 0 radical (unpaired) electrons. The number of ether oxygens (including phenoxy) is 1. The van der Waals surface area contributed by atoms with Gasteiger partial charge < -0.3 is 9.30 Å². The Hall–Kier alpha value is -4.36. The molecule has 11 nitrogen and oxygen atoms in total. The quantitative estimate of drug-likeness (QED) is 0.196. The van der Waals surface area contributed by atoms with E-state index >= 15 is 0 Å². The van der Waals surface area contributed by atoms with Crippen LogP contribution in [-0.2, 0) is 26.1 Å². The fourth-order valence-electron chi connectivity index (χ4n) is 3.51. The smallest absolute Gasteiger partial charge is 0.326 e. The van der Waals surface area contributed by atoms with Gasteiger partial charge in [0.15, 0.2) is 4.80 Å². The van der Waals surface area contributed by atoms with E-state index in [0.29, 0.717) is 10.2 Å². The molecule has 0 spiro atoms. The van der Waals surface area contributed by atoms with Crippen molar-refractivity contribution in [1.82, 2.24) is 4.57 Å². The zero-order valence-electron chi connectivity index (χ0n) is 20.3. The molecule has 0 aliphatic heterocycles. The van der Waals surface area contributed by atoms with Crippen molar-refractivity contribution < 1.29 is 27.7 Å². The van der Waals surface area contributed by atoms with Gasteiger partial charge >= 0.3 is 5.97 Å². The van der Waals surface area contributed by atoms with Gasteiger partial charge in [0.2, 0.25) is 0 Å². The molecule has 0 bridgehead atoms. The molecule has 13 heteroatoms. The Morgan fingerprint density at radius 1 is 1.08 bits per heavy atom. The Kier molecular flexibility index (Phi) is 7.69. The summed E-state index contributed by atoms with van der Waals surface area (Å²) in [5, 5.41) is 11.2. The van der Waals surface area contributed by atoms with Crippen LogP contribution in [0.4, 0.5) is 11.4 Å². The van der Waals surface area contributed by atoms with E-state index in [2.05, 4.69) is 9.71 Å². The number of nitrogens with one attached hydrogen (secondary N) is 1. The molecule has 4 aromatic rings. The predicted molar refractivity (Wildman–Crippen MR) is 141 cm³/mol. The summed E-state index contributed by atoms with van der Waals surface area (Å²) in [4.78, 5) is 40.2. The highest BCUT2D eigenvalue weighted by molar-refractivity contribution is 7.92. The average molecular weight is 555 g/mol. The van der Waals surface area contributed by atoms with Crippen LogP contribution in [0, 0.1) is 17.0 Å². The first-order valence-corrected chi connectivity index (χ1v) is 13.6. The van der Waals surface area contributed by atoms with Gasteiger partial charge in [0, 0.05) is 23.4 Å². The normalized spacial score (nSPS) is 11.9. The van der Waals surface area contributed by atoms with Gasteiger partial charge in [-0.15, -0.1) is 0 Å². The van der Waals surface area contributed by atoms with E-state index in [-0.39, 0.29) is 39.8 Å². The third-order valence-electron chi connectivity index (χ3n) is 5.38. The molecule has 0 saturated carbocycles. The van der Waals surface area contributed by atoms with Crippen molar-refractivity contribution >= 4 is 54.8 Å². The third kappa shape index (κ3) is 5.95. The van der Waals surface area contributed by atoms with Gasteiger partial charge in [-0.25, -0.2) is 8.42 Å². The SMILES string of the molecule is CCOC(=O)Cn1c(=NC(=O)c2ccc(NS(=O)(=O)c3ccc(C)cc3)cc2)sc2cc([N+](=O)[O-])ccc21. The number of non-ortho nitro benzene ring substituents is 1. The van der Waals surface area contributed by atoms with Gasteiger partial charge in [0.1, 0.15) is 6.54 Å². The number of anilines is 1. The number of esters is 1. The number of aryl methyl sites for hydroxylation is 1. The number of thiazole rings is 1. The number of nitro benzene ring substituents is 1. The standard InChI is InChI=1S/C25H22N4O7S2/c1-3-36-23(30)15-28-21-13-10-19(29(32)33)14-22(21)37-25(28)26-24(31)17-6-8-18(9-7-17)27-38(34,35)20-11-4-16(2)5-12-20/h4-14,27H,3,15H2,1-2H3. The highest BCUT2D eigenvalue weighted by atomic mass is 32.2. The van der Waals surface area contributed by atoms with Crippen molar-refractivity contribution in [2.24, 2.45) is 4.99 Å². The molecule has 0 aliphatic rings. The van der Waals surface area contributed by atoms with Crippen molar-refractivity contribution in [1.29, 1.82) is 0 Å². The van der Waals surface area contributed by atoms with Crippen molar-refractivity contribution in [3.05, 3.63) is 92.8 Å². The highest BCUT2D eigenvalue weighted by Crippen LogP contribution is 2.24. The number of fused-ring (bicyclic) bond motifs is 1. The maximum atomic E-state index is 12.9. The van der Waals surface area contributed by atoms with E-state index in [1.165, 1.54) is 59.2 Å². The molecule has 1 heterocycles. The van der Waals surface area contributed by atoms with Crippen LogP contribution in [0.15, 0.2) is 76.6 Å². The maximum absolute atomic E-state index is 12.9. The molecule has 0 saturated heterocycles. The third-order valence-corrected chi connectivity index (χ3v) is 7.82. The van der Waals surface area contributed by atoms with E-state index in [1.54, 1.807) is 19.1 Å². The van der Waals surface area contributed by atoms with Crippen molar-refractivity contribution in [2.75, 3.05) is 11.3 Å². The average Bonchev–Trinajstić information content (AvgIpc) is 3.20. The Morgan fingerprint density at radius 3 is 2.39 bits per heavy atom. The summed E-state index contributed by atoms with van der Waals surface area (Å²) in [6, 6.07) is 16.3. The molecule has 1 amide bonds. The minimum atomic E-state index is -3.81. The number of nitrogens with zero attached hydrogens (tertiary/aromatic N) is 3. The topological polar surface area (TPSA) is 150 Å². The number of aromatic nitrogens is 1. The van der Waals surface area contributed by atoms with Crippen LogP contribution in [0.1, 0.15) is 22.8 Å². The first kappa shape index (κ1) is 26.7. The number of carbonyl (C=O) groups is 2. The van der Waals surface area contributed by atoms with E-state index < -0.39 is 26.8 Å². The van der Waals surface area contributed by atoms with Crippen LogP contribution < -0.4 is 9.52 Å². The lowest BCUT2D eigenvalue weighted by Gasteiger charge is -2.08. The van der Waals surface area contributed by atoms with Crippen LogP contribution in [-0.4, -0.2) is 36.4 Å². The van der Waals surface area contributed by atoms with Crippen LogP contribution in [0.2, 0.25) is 0 Å². The zero-order valence-corrected chi connectivity index (χ0v) is 21.9. The van der Waals surface area contributed by atoms with Crippen LogP contribution in [0.3, 0.4) is 0 Å². The van der Waals surface area contributed by atoms with Gasteiger partial charge in [0.05, 0.1) is 26.6 Å². The summed E-state index contributed by atoms with van der Waals surface area (Å²) < 4.78 is 34.6. The van der Waals surface area contributed by atoms with Crippen molar-refractivity contribution in [3.8, 4) is 0 Å². The predicted octanol–water partition coefficient (Wildman–Crippen LogP) is 4.02. The lowest BCUT2D eigenvalue weighted by Crippen LogP contribution is -2.23. The number of hydrogen-bond donors (Lipinski definition) is 1. The molecule has 3 aromatic carbocycles. The minimum absolute atomic E-state index is 0.106. The number of hydrogen-bond acceptors (Lipinski definition) is 8. The number of benzene rings is 3. The molecule has 4 rings (SSSR count). The molecule has 38 heavy (non-hydrogen) atoms. The lowest BCUT2D eigenvalue weighted by molar-refractivity contribution is -0.384. The van der Waals surface area contributed by atoms with Gasteiger partial charge in [-0.3, -0.25) is 24.4 Å². The first-order valence-electron chi connectivity index (χ1n) is 11.3. The van der Waals surface area contributed by atoms with Crippen molar-refractivity contribution in [3.63, 3.8) is 0 Å². The number of carbonyl (C=O) groups excluding carboxylic acids is 2. The zero-order chi connectivity index (χ0) is 27.4. The van der Waals surface area contributed by atoms with Crippen LogP contribution in [0.25, 0.3) is 10.2 Å². The Labute approximate surface area is 221 Å². The van der Waals surface area contributed by atoms with E-state index in [1.807, 2.05) is 6.92 Å². The second-order valence-electron chi connectivity index (χ2n) is 8.10. The molecular weight excluding hydrogens is 532 g/mol. The largest absolute Gasteiger partial charge is 0.465 e. The fraction of sp³-hybridized carbons (Fsp3) is 0.160. The Morgan fingerprint density at radius 2 is 1.76 bits per heavy atom. The van der Waals surface area contributed by atoms with Gasteiger partial charge in [-0.2, -0.15) is 4.99 Å². The molecule has 1 N–H and O–H groups in total. The minimum Gasteiger partial charge on any atom is -0.465 e. The molecule has 0 fully saturated rings. The molecule has 1 aromatic heterocycles. The number of rotatable bonds is 8. The maximum Gasteiger partial charge on any atom is 0.326 e. The molecule has 196 valence electrons. The molecule has 0 atom stereocenters.